The zero-order chi connectivity index (χ0) is 22.3. The highest BCUT2D eigenvalue weighted by molar-refractivity contribution is 7.15. The number of thiophene rings is 1. The molecule has 2 aromatic rings. The number of rotatable bonds is 4. The Balaban J connectivity index is 1.42. The SMILES string of the molecule is CC1=C(C(=O)NC2=CC=C3NN=CC3(C)C2)C(c2ccc(-c3ccccn3)s2)NC(=O)N1. The molecule has 1 aliphatic carbocycles. The van der Waals surface area contributed by atoms with Gasteiger partial charge in [0.2, 0.25) is 0 Å². The van der Waals surface area contributed by atoms with Crippen LogP contribution in [0.25, 0.3) is 10.6 Å². The summed E-state index contributed by atoms with van der Waals surface area (Å²) in [5, 5.41) is 12.8. The summed E-state index contributed by atoms with van der Waals surface area (Å²) in [4.78, 5) is 31.8. The molecule has 2 aliphatic heterocycles. The highest BCUT2D eigenvalue weighted by Crippen LogP contribution is 2.38. The number of carbonyl (C=O) groups excluding carboxylic acids is 2. The Morgan fingerprint density at radius 3 is 2.94 bits per heavy atom. The van der Waals surface area contributed by atoms with Gasteiger partial charge < -0.3 is 16.0 Å². The Morgan fingerprint density at radius 1 is 1.25 bits per heavy atom. The number of carbonyl (C=O) groups is 2. The molecule has 3 amide bonds. The minimum Gasteiger partial charge on any atom is -0.326 e. The lowest BCUT2D eigenvalue weighted by atomic mass is 9.81. The lowest BCUT2D eigenvalue weighted by Gasteiger charge is -2.30. The van der Waals surface area contributed by atoms with E-state index < -0.39 is 6.04 Å². The number of pyridine rings is 1. The van der Waals surface area contributed by atoms with Crippen molar-refractivity contribution in [3.05, 3.63) is 76.2 Å². The minimum atomic E-state index is -0.549. The zero-order valence-electron chi connectivity index (χ0n) is 17.6. The van der Waals surface area contributed by atoms with Crippen molar-refractivity contribution < 1.29 is 9.59 Å². The largest absolute Gasteiger partial charge is 0.326 e. The van der Waals surface area contributed by atoms with Crippen molar-refractivity contribution in [3.8, 4) is 10.6 Å². The van der Waals surface area contributed by atoms with Crippen LogP contribution in [0.2, 0.25) is 0 Å². The number of hydrazone groups is 1. The summed E-state index contributed by atoms with van der Waals surface area (Å²) in [6.45, 7) is 3.82. The van der Waals surface area contributed by atoms with Crippen LogP contribution in [0.1, 0.15) is 31.2 Å². The van der Waals surface area contributed by atoms with Crippen LogP contribution in [0.5, 0.6) is 0 Å². The second kappa shape index (κ2) is 7.76. The Labute approximate surface area is 189 Å². The number of amides is 3. The van der Waals surface area contributed by atoms with Gasteiger partial charge in [-0.25, -0.2) is 4.79 Å². The van der Waals surface area contributed by atoms with Gasteiger partial charge in [-0.15, -0.1) is 11.3 Å². The molecular formula is C23H22N6O2S. The van der Waals surface area contributed by atoms with Gasteiger partial charge in [0, 0.05) is 40.8 Å². The molecule has 8 nitrogen and oxygen atoms in total. The maximum atomic E-state index is 13.4. The molecule has 9 heteroatoms. The van der Waals surface area contributed by atoms with E-state index >= 15 is 0 Å². The van der Waals surface area contributed by atoms with E-state index in [0.717, 1.165) is 26.8 Å². The number of hydrogen-bond donors (Lipinski definition) is 4. The van der Waals surface area contributed by atoms with Gasteiger partial charge in [0.1, 0.15) is 0 Å². The number of fused-ring (bicyclic) bond motifs is 1. The summed E-state index contributed by atoms with van der Waals surface area (Å²) in [5.74, 6) is -0.248. The number of allylic oxidation sites excluding steroid dienone is 5. The molecule has 32 heavy (non-hydrogen) atoms. The molecule has 0 saturated heterocycles. The van der Waals surface area contributed by atoms with Crippen molar-refractivity contribution in [2.45, 2.75) is 26.3 Å². The predicted molar refractivity (Wildman–Crippen MR) is 123 cm³/mol. The molecule has 4 heterocycles. The number of urea groups is 1. The molecule has 2 aromatic heterocycles. The quantitative estimate of drug-likeness (QED) is 0.578. The van der Waals surface area contributed by atoms with Gasteiger partial charge in [0.05, 0.1) is 27.6 Å². The van der Waals surface area contributed by atoms with Crippen molar-refractivity contribution in [3.63, 3.8) is 0 Å². The molecule has 2 unspecified atom stereocenters. The Kier molecular flexibility index (Phi) is 4.90. The van der Waals surface area contributed by atoms with Crippen LogP contribution in [0.4, 0.5) is 4.79 Å². The van der Waals surface area contributed by atoms with Crippen LogP contribution < -0.4 is 21.4 Å². The molecule has 0 spiro atoms. The number of aromatic nitrogens is 1. The van der Waals surface area contributed by atoms with E-state index in [1.165, 1.54) is 11.3 Å². The maximum Gasteiger partial charge on any atom is 0.319 e. The van der Waals surface area contributed by atoms with Crippen molar-refractivity contribution in [1.82, 2.24) is 26.4 Å². The highest BCUT2D eigenvalue weighted by atomic mass is 32.1. The van der Waals surface area contributed by atoms with Crippen molar-refractivity contribution in [2.24, 2.45) is 10.5 Å². The molecule has 5 rings (SSSR count). The lowest BCUT2D eigenvalue weighted by molar-refractivity contribution is -0.117. The van der Waals surface area contributed by atoms with Crippen LogP contribution in [0.15, 0.2) is 76.4 Å². The van der Waals surface area contributed by atoms with E-state index in [0.29, 0.717) is 17.7 Å². The first-order valence-corrected chi connectivity index (χ1v) is 11.1. The van der Waals surface area contributed by atoms with Crippen LogP contribution in [-0.2, 0) is 4.79 Å². The normalized spacial score (nSPS) is 24.1. The fourth-order valence-electron chi connectivity index (χ4n) is 4.11. The average Bonchev–Trinajstić information content (AvgIpc) is 3.40. The monoisotopic (exact) mass is 446 g/mol. The Bertz CT molecular complexity index is 1230. The standard InChI is InChI=1S/C23H22N6O2S/c1-13-19(21(30)27-14-6-9-18-23(2,11-14)12-25-29-18)20(28-22(31)26-13)17-8-7-16(32-17)15-5-3-4-10-24-15/h3-10,12,20,29H,11H2,1-2H3,(H,27,30)(H2,26,28,31). The smallest absolute Gasteiger partial charge is 0.319 e. The first-order valence-electron chi connectivity index (χ1n) is 10.3. The second-order valence-corrected chi connectivity index (χ2v) is 9.29. The van der Waals surface area contributed by atoms with E-state index in [9.17, 15) is 9.59 Å². The van der Waals surface area contributed by atoms with Crippen molar-refractivity contribution in [2.75, 3.05) is 0 Å². The average molecular weight is 447 g/mol. The maximum absolute atomic E-state index is 13.4. The molecule has 0 fully saturated rings. The first-order chi connectivity index (χ1) is 15.4. The third-order valence-electron chi connectivity index (χ3n) is 5.78. The summed E-state index contributed by atoms with van der Waals surface area (Å²) in [6, 6.07) is 8.75. The molecule has 0 aromatic carbocycles. The predicted octanol–water partition coefficient (Wildman–Crippen LogP) is 3.32. The summed E-state index contributed by atoms with van der Waals surface area (Å²) >= 11 is 1.51. The summed E-state index contributed by atoms with van der Waals surface area (Å²) in [7, 11) is 0. The van der Waals surface area contributed by atoms with Gasteiger partial charge in [0.25, 0.3) is 5.91 Å². The van der Waals surface area contributed by atoms with Crippen LogP contribution >= 0.6 is 11.3 Å². The first kappa shape index (κ1) is 20.2. The zero-order valence-corrected chi connectivity index (χ0v) is 18.4. The summed E-state index contributed by atoms with van der Waals surface area (Å²) in [5.41, 5.74) is 6.42. The van der Waals surface area contributed by atoms with E-state index in [2.05, 4.69) is 38.4 Å². The van der Waals surface area contributed by atoms with Gasteiger partial charge in [-0.1, -0.05) is 6.07 Å². The summed E-state index contributed by atoms with van der Waals surface area (Å²) < 4.78 is 0. The third-order valence-corrected chi connectivity index (χ3v) is 6.95. The third kappa shape index (κ3) is 3.60. The van der Waals surface area contributed by atoms with Crippen LogP contribution in [-0.4, -0.2) is 23.1 Å². The van der Waals surface area contributed by atoms with Gasteiger partial charge in [-0.05, 0) is 50.3 Å². The highest BCUT2D eigenvalue weighted by Gasteiger charge is 2.36. The molecular weight excluding hydrogens is 424 g/mol. The van der Waals surface area contributed by atoms with E-state index in [-0.39, 0.29) is 17.4 Å². The summed E-state index contributed by atoms with van der Waals surface area (Å²) in [6.07, 6.45) is 8.05. The number of nitrogens with zero attached hydrogens (tertiary/aromatic N) is 2. The van der Waals surface area contributed by atoms with Crippen LogP contribution in [0.3, 0.4) is 0 Å². The van der Waals surface area contributed by atoms with Gasteiger partial charge in [-0.3, -0.25) is 15.2 Å². The van der Waals surface area contributed by atoms with E-state index in [4.69, 9.17) is 0 Å². The number of nitrogens with one attached hydrogen (secondary N) is 4. The lowest BCUT2D eigenvalue weighted by Crippen LogP contribution is -2.46. The molecule has 3 aliphatic rings. The van der Waals surface area contributed by atoms with Gasteiger partial charge in [-0.2, -0.15) is 5.10 Å². The van der Waals surface area contributed by atoms with Crippen molar-refractivity contribution in [1.29, 1.82) is 0 Å². The fourth-order valence-corrected chi connectivity index (χ4v) is 5.16. The molecule has 0 saturated carbocycles. The fraction of sp³-hybridized carbons (Fsp3) is 0.217. The Hall–Kier alpha value is -3.72. The van der Waals surface area contributed by atoms with Crippen molar-refractivity contribution >= 4 is 29.5 Å². The molecule has 162 valence electrons. The van der Waals surface area contributed by atoms with Gasteiger partial charge >= 0.3 is 6.03 Å². The topological polar surface area (TPSA) is 108 Å². The van der Waals surface area contributed by atoms with E-state index in [1.807, 2.05) is 48.7 Å². The molecule has 2 atom stereocenters. The van der Waals surface area contributed by atoms with Crippen LogP contribution in [0, 0.1) is 5.41 Å². The molecule has 0 radical (unpaired) electrons. The minimum absolute atomic E-state index is 0.248. The molecule has 4 N–H and O–H groups in total. The Morgan fingerprint density at radius 2 is 2.12 bits per heavy atom. The van der Waals surface area contributed by atoms with Gasteiger partial charge in [0.15, 0.2) is 0 Å². The second-order valence-electron chi connectivity index (χ2n) is 8.18. The van der Waals surface area contributed by atoms with E-state index in [1.54, 1.807) is 13.1 Å². The molecule has 0 bridgehead atoms. The number of hydrogen-bond acceptors (Lipinski definition) is 6.